The van der Waals surface area contributed by atoms with Crippen molar-refractivity contribution in [3.8, 4) is 0 Å². The molecule has 0 aromatic heterocycles. The highest BCUT2D eigenvalue weighted by molar-refractivity contribution is 5.68. The van der Waals surface area contributed by atoms with Gasteiger partial charge in [-0.15, -0.1) is 0 Å². The number of carbonyl (C=O) groups excluding carboxylic acids is 1. The van der Waals surface area contributed by atoms with Crippen LogP contribution < -0.4 is 0 Å². The van der Waals surface area contributed by atoms with E-state index in [1.54, 1.807) is 0 Å². The summed E-state index contributed by atoms with van der Waals surface area (Å²) in [7, 11) is 1.45. The van der Waals surface area contributed by atoms with Crippen molar-refractivity contribution in [2.45, 2.75) is 38.5 Å². The number of unbranched alkanes of at least 4 members (excludes halogenated alkanes) is 1. The van der Waals surface area contributed by atoms with Gasteiger partial charge in [-0.1, -0.05) is 12.8 Å². The molecule has 1 rings (SSSR count). The fourth-order valence-corrected chi connectivity index (χ4v) is 1.84. The van der Waals surface area contributed by atoms with Crippen LogP contribution in [-0.2, 0) is 14.3 Å². The van der Waals surface area contributed by atoms with Crippen molar-refractivity contribution < 1.29 is 14.3 Å². The largest absolute Gasteiger partial charge is 0.469 e. The van der Waals surface area contributed by atoms with Gasteiger partial charge in [-0.3, -0.25) is 4.79 Å². The minimum Gasteiger partial charge on any atom is -0.469 e. The van der Waals surface area contributed by atoms with Crippen LogP contribution >= 0.6 is 0 Å². The first kappa shape index (κ1) is 11.5. The molecule has 0 spiro atoms. The van der Waals surface area contributed by atoms with Crippen molar-refractivity contribution >= 4 is 5.97 Å². The van der Waals surface area contributed by atoms with E-state index < -0.39 is 0 Å². The number of ether oxygens (including phenoxy) is 2. The molecule has 1 saturated heterocycles. The smallest absolute Gasteiger partial charge is 0.305 e. The Labute approximate surface area is 85.8 Å². The molecule has 0 atom stereocenters. The van der Waals surface area contributed by atoms with Crippen molar-refractivity contribution in [2.24, 2.45) is 5.92 Å². The Morgan fingerprint density at radius 1 is 1.36 bits per heavy atom. The van der Waals surface area contributed by atoms with Crippen LogP contribution in [0.4, 0.5) is 0 Å². The highest BCUT2D eigenvalue weighted by Gasteiger charge is 2.13. The van der Waals surface area contributed by atoms with Crippen LogP contribution in [0.5, 0.6) is 0 Å². The van der Waals surface area contributed by atoms with Crippen molar-refractivity contribution in [3.63, 3.8) is 0 Å². The molecule has 0 unspecified atom stereocenters. The molecular formula is C11H20O3. The van der Waals surface area contributed by atoms with E-state index in [-0.39, 0.29) is 5.97 Å². The molecule has 0 aromatic rings. The Balaban J connectivity index is 1.94. The Morgan fingerprint density at radius 2 is 2.07 bits per heavy atom. The average Bonchev–Trinajstić information content (AvgIpc) is 2.25. The third kappa shape index (κ3) is 4.61. The van der Waals surface area contributed by atoms with Crippen LogP contribution in [0.15, 0.2) is 0 Å². The van der Waals surface area contributed by atoms with Crippen LogP contribution in [0, 0.1) is 5.92 Å². The predicted octanol–water partition coefficient (Wildman–Crippen LogP) is 2.15. The van der Waals surface area contributed by atoms with E-state index >= 15 is 0 Å². The normalized spacial score (nSPS) is 18.1. The molecule has 3 heteroatoms. The highest BCUT2D eigenvalue weighted by atomic mass is 16.5. The van der Waals surface area contributed by atoms with Gasteiger partial charge in [0.05, 0.1) is 7.11 Å². The maximum Gasteiger partial charge on any atom is 0.305 e. The molecule has 0 bridgehead atoms. The topological polar surface area (TPSA) is 35.5 Å². The molecule has 0 aromatic carbocycles. The van der Waals surface area contributed by atoms with Crippen molar-refractivity contribution in [1.82, 2.24) is 0 Å². The summed E-state index contributed by atoms with van der Waals surface area (Å²) in [5, 5.41) is 0. The number of esters is 1. The third-order valence-electron chi connectivity index (χ3n) is 2.81. The SMILES string of the molecule is COC(=O)CCCCC1CCOCC1. The number of hydrogen-bond donors (Lipinski definition) is 0. The molecule has 0 saturated carbocycles. The standard InChI is InChI=1S/C11H20O3/c1-13-11(12)5-3-2-4-10-6-8-14-9-7-10/h10H,2-9H2,1H3. The maximum atomic E-state index is 10.8. The summed E-state index contributed by atoms with van der Waals surface area (Å²) in [6.45, 7) is 1.84. The summed E-state index contributed by atoms with van der Waals surface area (Å²) in [6.07, 6.45) is 6.29. The summed E-state index contributed by atoms with van der Waals surface area (Å²) in [5.74, 6) is 0.735. The monoisotopic (exact) mass is 200 g/mol. The van der Waals surface area contributed by atoms with E-state index in [4.69, 9.17) is 4.74 Å². The van der Waals surface area contributed by atoms with Gasteiger partial charge in [0.15, 0.2) is 0 Å². The maximum absolute atomic E-state index is 10.8. The van der Waals surface area contributed by atoms with Gasteiger partial charge in [-0.25, -0.2) is 0 Å². The molecule has 0 amide bonds. The van der Waals surface area contributed by atoms with Gasteiger partial charge < -0.3 is 9.47 Å². The summed E-state index contributed by atoms with van der Waals surface area (Å²) in [6, 6.07) is 0. The van der Waals surface area contributed by atoms with E-state index in [1.807, 2.05) is 0 Å². The number of carbonyl (C=O) groups is 1. The lowest BCUT2D eigenvalue weighted by molar-refractivity contribution is -0.140. The van der Waals surface area contributed by atoms with Crippen LogP contribution in [-0.4, -0.2) is 26.3 Å². The van der Waals surface area contributed by atoms with E-state index in [9.17, 15) is 4.79 Å². The van der Waals surface area contributed by atoms with Crippen LogP contribution in [0.1, 0.15) is 38.5 Å². The number of hydrogen-bond acceptors (Lipinski definition) is 3. The second kappa shape index (κ2) is 6.82. The highest BCUT2D eigenvalue weighted by Crippen LogP contribution is 2.21. The van der Waals surface area contributed by atoms with Crippen molar-refractivity contribution in [1.29, 1.82) is 0 Å². The lowest BCUT2D eigenvalue weighted by Crippen LogP contribution is -2.15. The molecule has 14 heavy (non-hydrogen) atoms. The van der Waals surface area contributed by atoms with Crippen LogP contribution in [0.25, 0.3) is 0 Å². The third-order valence-corrected chi connectivity index (χ3v) is 2.81. The summed E-state index contributed by atoms with van der Waals surface area (Å²) in [4.78, 5) is 10.8. The lowest BCUT2D eigenvalue weighted by Gasteiger charge is -2.21. The zero-order valence-corrected chi connectivity index (χ0v) is 8.96. The van der Waals surface area contributed by atoms with Crippen LogP contribution in [0.2, 0.25) is 0 Å². The number of rotatable bonds is 5. The zero-order valence-electron chi connectivity index (χ0n) is 8.96. The Bertz CT molecular complexity index is 162. The summed E-state index contributed by atoms with van der Waals surface area (Å²) < 4.78 is 9.87. The molecule has 1 aliphatic rings. The quantitative estimate of drug-likeness (QED) is 0.504. The van der Waals surface area contributed by atoms with Crippen molar-refractivity contribution in [2.75, 3.05) is 20.3 Å². The molecule has 0 radical (unpaired) electrons. The van der Waals surface area contributed by atoms with Gasteiger partial charge >= 0.3 is 5.97 Å². The molecular weight excluding hydrogens is 180 g/mol. The first-order chi connectivity index (χ1) is 6.83. The van der Waals surface area contributed by atoms with E-state index in [2.05, 4.69) is 4.74 Å². The van der Waals surface area contributed by atoms with Gasteiger partial charge in [0, 0.05) is 19.6 Å². The first-order valence-electron chi connectivity index (χ1n) is 5.47. The van der Waals surface area contributed by atoms with E-state index in [0.717, 1.165) is 32.0 Å². The fourth-order valence-electron chi connectivity index (χ4n) is 1.84. The van der Waals surface area contributed by atoms with Gasteiger partial charge in [0.1, 0.15) is 0 Å². The van der Waals surface area contributed by atoms with E-state index in [0.29, 0.717) is 6.42 Å². The molecule has 1 fully saturated rings. The summed E-state index contributed by atoms with van der Waals surface area (Å²) >= 11 is 0. The van der Waals surface area contributed by atoms with Gasteiger partial charge in [-0.2, -0.15) is 0 Å². The second-order valence-corrected chi connectivity index (χ2v) is 3.88. The van der Waals surface area contributed by atoms with E-state index in [1.165, 1.54) is 26.4 Å². The van der Waals surface area contributed by atoms with Crippen LogP contribution in [0.3, 0.4) is 0 Å². The first-order valence-corrected chi connectivity index (χ1v) is 5.47. The molecule has 0 aliphatic carbocycles. The molecule has 1 aliphatic heterocycles. The molecule has 1 heterocycles. The fraction of sp³-hybridized carbons (Fsp3) is 0.909. The van der Waals surface area contributed by atoms with Gasteiger partial charge in [-0.05, 0) is 25.2 Å². The minimum atomic E-state index is -0.0861. The predicted molar refractivity (Wildman–Crippen MR) is 54.0 cm³/mol. The Morgan fingerprint density at radius 3 is 2.71 bits per heavy atom. The summed E-state index contributed by atoms with van der Waals surface area (Å²) in [5.41, 5.74) is 0. The number of methoxy groups -OCH3 is 1. The second-order valence-electron chi connectivity index (χ2n) is 3.88. The average molecular weight is 200 g/mol. The van der Waals surface area contributed by atoms with Gasteiger partial charge in [0.25, 0.3) is 0 Å². The zero-order chi connectivity index (χ0) is 10.2. The lowest BCUT2D eigenvalue weighted by atomic mass is 9.94. The Hall–Kier alpha value is -0.570. The molecule has 82 valence electrons. The molecule has 3 nitrogen and oxygen atoms in total. The minimum absolute atomic E-state index is 0.0861. The Kier molecular flexibility index (Phi) is 5.60. The molecule has 0 N–H and O–H groups in total. The van der Waals surface area contributed by atoms with Crippen molar-refractivity contribution in [3.05, 3.63) is 0 Å². The van der Waals surface area contributed by atoms with Gasteiger partial charge in [0.2, 0.25) is 0 Å².